The first-order chi connectivity index (χ1) is 10.7. The van der Waals surface area contributed by atoms with Gasteiger partial charge in [0.05, 0.1) is 25.2 Å². The summed E-state index contributed by atoms with van der Waals surface area (Å²) in [5.74, 6) is 1.69. The molecule has 0 N–H and O–H groups in total. The number of ether oxygens (including phenoxy) is 2. The van der Waals surface area contributed by atoms with E-state index < -0.39 is 0 Å². The van der Waals surface area contributed by atoms with Crippen molar-refractivity contribution in [1.82, 2.24) is 0 Å². The van der Waals surface area contributed by atoms with Gasteiger partial charge in [-0.2, -0.15) is 0 Å². The fourth-order valence-corrected chi connectivity index (χ4v) is 3.10. The molecule has 4 heteroatoms. The Kier molecular flexibility index (Phi) is 2.73. The van der Waals surface area contributed by atoms with Gasteiger partial charge in [0.25, 0.3) is 0 Å². The minimum atomic E-state index is -0.0258. The Morgan fingerprint density at radius 3 is 2.64 bits per heavy atom. The lowest BCUT2D eigenvalue weighted by molar-refractivity contribution is 0.352. The predicted octanol–water partition coefficient (Wildman–Crippen LogP) is 3.38. The molecule has 1 aliphatic carbocycles. The number of hydrogen-bond acceptors (Lipinski definition) is 4. The molecule has 0 unspecified atom stereocenters. The van der Waals surface area contributed by atoms with Gasteiger partial charge in [-0.05, 0) is 23.3 Å². The molecule has 0 saturated heterocycles. The Balaban J connectivity index is 2.11. The average molecular weight is 294 g/mol. The van der Waals surface area contributed by atoms with Crippen molar-refractivity contribution < 1.29 is 13.9 Å². The molecule has 0 atom stereocenters. The minimum absolute atomic E-state index is 0.0258. The molecule has 1 aliphatic rings. The molecular weight excluding hydrogens is 280 g/mol. The van der Waals surface area contributed by atoms with Gasteiger partial charge < -0.3 is 13.9 Å². The zero-order valence-electron chi connectivity index (χ0n) is 12.3. The SMILES string of the molecule is COc1ccc2c(=O)c3c(oc2c1OC)Cc1ccccc1-3. The molecule has 0 aliphatic heterocycles. The monoisotopic (exact) mass is 294 g/mol. The van der Waals surface area contributed by atoms with Crippen molar-refractivity contribution in [3.63, 3.8) is 0 Å². The quantitative estimate of drug-likeness (QED) is 0.568. The third kappa shape index (κ3) is 1.61. The number of benzene rings is 2. The molecule has 0 amide bonds. The van der Waals surface area contributed by atoms with Crippen LogP contribution in [-0.2, 0) is 6.42 Å². The van der Waals surface area contributed by atoms with E-state index in [1.54, 1.807) is 26.4 Å². The molecule has 22 heavy (non-hydrogen) atoms. The van der Waals surface area contributed by atoms with Crippen LogP contribution in [0.15, 0.2) is 45.6 Å². The predicted molar refractivity (Wildman–Crippen MR) is 83.8 cm³/mol. The van der Waals surface area contributed by atoms with Crippen molar-refractivity contribution in [2.45, 2.75) is 6.42 Å². The highest BCUT2D eigenvalue weighted by Gasteiger charge is 2.26. The molecule has 0 radical (unpaired) electrons. The van der Waals surface area contributed by atoms with Gasteiger partial charge in [0.2, 0.25) is 11.2 Å². The van der Waals surface area contributed by atoms with E-state index in [9.17, 15) is 4.79 Å². The fraction of sp³-hybridized carbons (Fsp3) is 0.167. The zero-order chi connectivity index (χ0) is 15.3. The molecule has 0 saturated carbocycles. The average Bonchev–Trinajstić information content (AvgIpc) is 2.92. The smallest absolute Gasteiger partial charge is 0.204 e. The van der Waals surface area contributed by atoms with Crippen LogP contribution in [0, 0.1) is 0 Å². The third-order valence-corrected chi connectivity index (χ3v) is 4.11. The summed E-state index contributed by atoms with van der Waals surface area (Å²) in [5, 5.41) is 0.508. The van der Waals surface area contributed by atoms with E-state index in [0.717, 1.165) is 11.1 Å². The molecule has 4 nitrogen and oxygen atoms in total. The Hall–Kier alpha value is -2.75. The first-order valence-corrected chi connectivity index (χ1v) is 7.03. The normalized spacial score (nSPS) is 12.1. The molecule has 110 valence electrons. The van der Waals surface area contributed by atoms with E-state index in [-0.39, 0.29) is 5.43 Å². The zero-order valence-corrected chi connectivity index (χ0v) is 12.3. The summed E-state index contributed by atoms with van der Waals surface area (Å²) < 4.78 is 16.7. The maximum atomic E-state index is 12.9. The molecular formula is C18H14O4. The summed E-state index contributed by atoms with van der Waals surface area (Å²) in [4.78, 5) is 12.9. The van der Waals surface area contributed by atoms with Crippen LogP contribution in [0.1, 0.15) is 11.3 Å². The molecule has 0 bridgehead atoms. The summed E-state index contributed by atoms with van der Waals surface area (Å²) in [7, 11) is 3.10. The summed E-state index contributed by atoms with van der Waals surface area (Å²) in [5.41, 5.74) is 3.15. The van der Waals surface area contributed by atoms with Crippen molar-refractivity contribution in [3.05, 3.63) is 57.9 Å². The maximum Gasteiger partial charge on any atom is 0.204 e. The van der Waals surface area contributed by atoms with Crippen molar-refractivity contribution in [1.29, 1.82) is 0 Å². The second-order valence-corrected chi connectivity index (χ2v) is 5.24. The molecule has 1 heterocycles. The number of fused-ring (bicyclic) bond motifs is 4. The Morgan fingerprint density at radius 1 is 1.05 bits per heavy atom. The van der Waals surface area contributed by atoms with Crippen LogP contribution in [0.4, 0.5) is 0 Å². The Bertz CT molecular complexity index is 953. The van der Waals surface area contributed by atoms with Gasteiger partial charge in [0, 0.05) is 6.42 Å². The maximum absolute atomic E-state index is 12.9. The van der Waals surface area contributed by atoms with Crippen LogP contribution in [0.3, 0.4) is 0 Å². The van der Waals surface area contributed by atoms with E-state index in [0.29, 0.717) is 40.2 Å². The van der Waals surface area contributed by atoms with Crippen LogP contribution in [0.5, 0.6) is 11.5 Å². The highest BCUT2D eigenvalue weighted by molar-refractivity contribution is 5.90. The van der Waals surface area contributed by atoms with Gasteiger partial charge in [-0.25, -0.2) is 0 Å². The first-order valence-electron chi connectivity index (χ1n) is 7.03. The van der Waals surface area contributed by atoms with Crippen LogP contribution in [-0.4, -0.2) is 14.2 Å². The second kappa shape index (κ2) is 4.63. The van der Waals surface area contributed by atoms with Crippen molar-refractivity contribution in [3.8, 4) is 22.6 Å². The van der Waals surface area contributed by atoms with Gasteiger partial charge in [0.1, 0.15) is 5.76 Å². The van der Waals surface area contributed by atoms with Crippen LogP contribution in [0.2, 0.25) is 0 Å². The lowest BCUT2D eigenvalue weighted by Crippen LogP contribution is -2.07. The van der Waals surface area contributed by atoms with Crippen LogP contribution >= 0.6 is 0 Å². The number of methoxy groups -OCH3 is 2. The van der Waals surface area contributed by atoms with Gasteiger partial charge >= 0.3 is 0 Å². The Morgan fingerprint density at radius 2 is 1.86 bits per heavy atom. The standard InChI is InChI=1S/C18H14O4/c1-20-13-8-7-12-16(19)15-11-6-4-3-5-10(11)9-14(15)22-17(12)18(13)21-2/h3-8H,9H2,1-2H3. The Labute approximate surface area is 126 Å². The summed E-state index contributed by atoms with van der Waals surface area (Å²) >= 11 is 0. The van der Waals surface area contributed by atoms with Crippen molar-refractivity contribution in [2.75, 3.05) is 14.2 Å². The molecule has 3 aromatic rings. The van der Waals surface area contributed by atoms with Gasteiger partial charge in [-0.1, -0.05) is 24.3 Å². The first kappa shape index (κ1) is 13.0. The lowest BCUT2D eigenvalue weighted by atomic mass is 10.1. The van der Waals surface area contributed by atoms with Crippen LogP contribution < -0.4 is 14.9 Å². The van der Waals surface area contributed by atoms with Crippen molar-refractivity contribution in [2.24, 2.45) is 0 Å². The second-order valence-electron chi connectivity index (χ2n) is 5.24. The van der Waals surface area contributed by atoms with E-state index in [2.05, 4.69) is 0 Å². The van der Waals surface area contributed by atoms with E-state index in [4.69, 9.17) is 13.9 Å². The van der Waals surface area contributed by atoms with Gasteiger partial charge in [-0.3, -0.25) is 4.79 Å². The van der Waals surface area contributed by atoms with Gasteiger partial charge in [0.15, 0.2) is 11.3 Å². The molecule has 0 spiro atoms. The summed E-state index contributed by atoms with van der Waals surface area (Å²) in [6.07, 6.45) is 0.622. The third-order valence-electron chi connectivity index (χ3n) is 4.11. The topological polar surface area (TPSA) is 48.7 Å². The number of rotatable bonds is 2. The highest BCUT2D eigenvalue weighted by atomic mass is 16.5. The van der Waals surface area contributed by atoms with E-state index in [1.165, 1.54) is 0 Å². The summed E-state index contributed by atoms with van der Waals surface area (Å²) in [6, 6.07) is 11.3. The molecule has 0 fully saturated rings. The van der Waals surface area contributed by atoms with E-state index in [1.807, 2.05) is 24.3 Å². The minimum Gasteiger partial charge on any atom is -0.493 e. The van der Waals surface area contributed by atoms with Crippen molar-refractivity contribution >= 4 is 11.0 Å². The molecule has 1 aromatic heterocycles. The molecule has 4 rings (SSSR count). The number of hydrogen-bond donors (Lipinski definition) is 0. The fourth-order valence-electron chi connectivity index (χ4n) is 3.10. The van der Waals surface area contributed by atoms with E-state index >= 15 is 0 Å². The lowest BCUT2D eigenvalue weighted by Gasteiger charge is -2.10. The summed E-state index contributed by atoms with van der Waals surface area (Å²) in [6.45, 7) is 0. The van der Waals surface area contributed by atoms with Crippen LogP contribution in [0.25, 0.3) is 22.1 Å². The molecule has 2 aromatic carbocycles. The van der Waals surface area contributed by atoms with Gasteiger partial charge in [-0.15, -0.1) is 0 Å². The highest BCUT2D eigenvalue weighted by Crippen LogP contribution is 2.40. The largest absolute Gasteiger partial charge is 0.493 e.